The van der Waals surface area contributed by atoms with Gasteiger partial charge in [0, 0.05) is 17.1 Å². The highest BCUT2D eigenvalue weighted by Gasteiger charge is 2.16. The Hall–Kier alpha value is -0.610. The Balaban J connectivity index is 1.90. The highest BCUT2D eigenvalue weighted by molar-refractivity contribution is 9.10. The first-order valence-electron chi connectivity index (χ1n) is 5.13. The van der Waals surface area contributed by atoms with Gasteiger partial charge in [0.05, 0.1) is 11.8 Å². The zero-order valence-electron chi connectivity index (χ0n) is 8.70. The van der Waals surface area contributed by atoms with E-state index in [0.29, 0.717) is 12.5 Å². The fourth-order valence-corrected chi connectivity index (χ4v) is 1.78. The summed E-state index contributed by atoms with van der Waals surface area (Å²) in [5, 5.41) is 0. The molecule has 0 N–H and O–H groups in total. The van der Waals surface area contributed by atoms with Gasteiger partial charge in [-0.25, -0.2) is 4.98 Å². The minimum atomic E-state index is 0.246. The predicted octanol–water partition coefficient (Wildman–Crippen LogP) is 2.71. The van der Waals surface area contributed by atoms with E-state index in [0.717, 1.165) is 29.6 Å². The van der Waals surface area contributed by atoms with Crippen molar-refractivity contribution in [2.75, 3.05) is 13.2 Å². The van der Waals surface area contributed by atoms with Crippen molar-refractivity contribution < 1.29 is 9.47 Å². The maximum atomic E-state index is 5.57. The third kappa shape index (κ3) is 2.92. The molecule has 0 spiro atoms. The summed E-state index contributed by atoms with van der Waals surface area (Å²) in [6.07, 6.45) is 2.48. The maximum Gasteiger partial charge on any atom is 0.213 e. The highest BCUT2D eigenvalue weighted by atomic mass is 79.9. The van der Waals surface area contributed by atoms with Gasteiger partial charge in [0.25, 0.3) is 0 Å². The van der Waals surface area contributed by atoms with E-state index in [1.54, 1.807) is 0 Å². The van der Waals surface area contributed by atoms with Crippen LogP contribution in [0.2, 0.25) is 0 Å². The van der Waals surface area contributed by atoms with Crippen LogP contribution in [-0.2, 0) is 4.74 Å². The molecule has 0 bridgehead atoms. The fourth-order valence-electron chi connectivity index (χ4n) is 1.56. The zero-order valence-corrected chi connectivity index (χ0v) is 10.3. The summed E-state index contributed by atoms with van der Waals surface area (Å²) in [6, 6.07) is 3.82. The number of aryl methyl sites for hydroxylation is 1. The fraction of sp³-hybridized carbons (Fsp3) is 0.545. The third-order valence-electron chi connectivity index (χ3n) is 2.44. The van der Waals surface area contributed by atoms with E-state index < -0.39 is 0 Å². The van der Waals surface area contributed by atoms with Gasteiger partial charge in [-0.1, -0.05) is 0 Å². The normalized spacial score (nSPS) is 20.5. The lowest BCUT2D eigenvalue weighted by Crippen LogP contribution is -2.16. The number of hydrogen-bond donors (Lipinski definition) is 0. The van der Waals surface area contributed by atoms with E-state index >= 15 is 0 Å². The SMILES string of the molecule is Cc1nc(OCC2CCCO2)ccc1Br. The van der Waals surface area contributed by atoms with Crippen molar-refractivity contribution in [2.45, 2.75) is 25.9 Å². The number of ether oxygens (including phenoxy) is 2. The molecule has 3 nitrogen and oxygen atoms in total. The monoisotopic (exact) mass is 271 g/mol. The average Bonchev–Trinajstić information content (AvgIpc) is 2.73. The van der Waals surface area contributed by atoms with Crippen molar-refractivity contribution in [3.8, 4) is 5.88 Å². The van der Waals surface area contributed by atoms with Gasteiger partial charge >= 0.3 is 0 Å². The minimum Gasteiger partial charge on any atom is -0.475 e. The molecular weight excluding hydrogens is 258 g/mol. The van der Waals surface area contributed by atoms with Gasteiger partial charge in [0.1, 0.15) is 6.61 Å². The first kappa shape index (κ1) is 10.9. The third-order valence-corrected chi connectivity index (χ3v) is 3.28. The summed E-state index contributed by atoms with van der Waals surface area (Å²) in [7, 11) is 0. The lowest BCUT2D eigenvalue weighted by atomic mass is 10.2. The Kier molecular flexibility index (Phi) is 3.59. The standard InChI is InChI=1S/C11H14BrNO2/c1-8-10(12)4-5-11(13-8)15-7-9-3-2-6-14-9/h4-5,9H,2-3,6-7H2,1H3. The molecule has 1 fully saturated rings. The van der Waals surface area contributed by atoms with Gasteiger partial charge in [-0.2, -0.15) is 0 Å². The van der Waals surface area contributed by atoms with Crippen LogP contribution in [0.5, 0.6) is 5.88 Å². The lowest BCUT2D eigenvalue weighted by molar-refractivity contribution is 0.0663. The van der Waals surface area contributed by atoms with E-state index in [4.69, 9.17) is 9.47 Å². The molecule has 1 aromatic rings. The smallest absolute Gasteiger partial charge is 0.213 e. The number of halogens is 1. The van der Waals surface area contributed by atoms with Gasteiger partial charge in [-0.05, 0) is 41.8 Å². The van der Waals surface area contributed by atoms with E-state index in [-0.39, 0.29) is 6.10 Å². The summed E-state index contributed by atoms with van der Waals surface area (Å²) in [4.78, 5) is 4.31. The summed E-state index contributed by atoms with van der Waals surface area (Å²) in [5.41, 5.74) is 0.944. The summed E-state index contributed by atoms with van der Waals surface area (Å²) < 4.78 is 12.0. The first-order valence-corrected chi connectivity index (χ1v) is 5.92. The minimum absolute atomic E-state index is 0.246. The van der Waals surface area contributed by atoms with E-state index in [1.165, 1.54) is 0 Å². The topological polar surface area (TPSA) is 31.4 Å². The van der Waals surface area contributed by atoms with Gasteiger partial charge in [-0.3, -0.25) is 0 Å². The summed E-state index contributed by atoms with van der Waals surface area (Å²) in [6.45, 7) is 3.41. The maximum absolute atomic E-state index is 5.57. The zero-order chi connectivity index (χ0) is 10.7. The van der Waals surface area contributed by atoms with Crippen LogP contribution in [0.25, 0.3) is 0 Å². The second kappa shape index (κ2) is 4.94. The van der Waals surface area contributed by atoms with Crippen LogP contribution in [0, 0.1) is 6.92 Å². The molecule has 1 unspecified atom stereocenters. The molecule has 82 valence electrons. The molecule has 1 saturated heterocycles. The van der Waals surface area contributed by atoms with Crippen molar-refractivity contribution >= 4 is 15.9 Å². The quantitative estimate of drug-likeness (QED) is 0.847. The van der Waals surface area contributed by atoms with E-state index in [9.17, 15) is 0 Å². The number of hydrogen-bond acceptors (Lipinski definition) is 3. The van der Waals surface area contributed by atoms with Crippen molar-refractivity contribution in [2.24, 2.45) is 0 Å². The molecule has 1 aliphatic heterocycles. The Morgan fingerprint density at radius 1 is 1.60 bits per heavy atom. The Morgan fingerprint density at radius 3 is 3.13 bits per heavy atom. The number of rotatable bonds is 3. The lowest BCUT2D eigenvalue weighted by Gasteiger charge is -2.11. The molecule has 0 aromatic carbocycles. The van der Waals surface area contributed by atoms with Crippen LogP contribution < -0.4 is 4.74 Å². The molecule has 4 heteroatoms. The predicted molar refractivity (Wildman–Crippen MR) is 61.1 cm³/mol. The van der Waals surface area contributed by atoms with Gasteiger partial charge in [-0.15, -0.1) is 0 Å². The van der Waals surface area contributed by atoms with Crippen molar-refractivity contribution in [1.82, 2.24) is 4.98 Å². The summed E-state index contributed by atoms with van der Waals surface area (Å²) >= 11 is 3.40. The van der Waals surface area contributed by atoms with Crippen LogP contribution in [0.15, 0.2) is 16.6 Å². The molecule has 1 aromatic heterocycles. The van der Waals surface area contributed by atoms with Gasteiger partial charge in [0.2, 0.25) is 5.88 Å². The molecule has 0 amide bonds. The first-order chi connectivity index (χ1) is 7.25. The Morgan fingerprint density at radius 2 is 2.47 bits per heavy atom. The molecule has 0 radical (unpaired) electrons. The van der Waals surface area contributed by atoms with E-state index in [1.807, 2.05) is 19.1 Å². The van der Waals surface area contributed by atoms with Crippen molar-refractivity contribution in [3.63, 3.8) is 0 Å². The van der Waals surface area contributed by atoms with E-state index in [2.05, 4.69) is 20.9 Å². The van der Waals surface area contributed by atoms with Gasteiger partial charge < -0.3 is 9.47 Å². The number of pyridine rings is 1. The molecule has 0 aliphatic carbocycles. The van der Waals surface area contributed by atoms with Crippen LogP contribution >= 0.6 is 15.9 Å². The molecule has 0 saturated carbocycles. The molecule has 1 aliphatic rings. The Labute approximate surface area is 97.9 Å². The van der Waals surface area contributed by atoms with Crippen LogP contribution in [0.3, 0.4) is 0 Å². The van der Waals surface area contributed by atoms with Crippen LogP contribution in [0.4, 0.5) is 0 Å². The molecule has 15 heavy (non-hydrogen) atoms. The number of aromatic nitrogens is 1. The van der Waals surface area contributed by atoms with Crippen LogP contribution in [0.1, 0.15) is 18.5 Å². The van der Waals surface area contributed by atoms with Crippen LogP contribution in [-0.4, -0.2) is 24.3 Å². The summed E-state index contributed by atoms with van der Waals surface area (Å²) in [5.74, 6) is 0.672. The van der Waals surface area contributed by atoms with Crippen molar-refractivity contribution in [1.29, 1.82) is 0 Å². The highest BCUT2D eigenvalue weighted by Crippen LogP contribution is 2.19. The second-order valence-corrected chi connectivity index (χ2v) is 4.52. The largest absolute Gasteiger partial charge is 0.475 e. The van der Waals surface area contributed by atoms with Gasteiger partial charge in [0.15, 0.2) is 0 Å². The molecule has 1 atom stereocenters. The second-order valence-electron chi connectivity index (χ2n) is 3.66. The number of nitrogens with zero attached hydrogens (tertiary/aromatic N) is 1. The Bertz CT molecular complexity index is 337. The average molecular weight is 272 g/mol. The molecule has 2 rings (SSSR count). The molecular formula is C11H14BrNO2. The van der Waals surface area contributed by atoms with Crippen molar-refractivity contribution in [3.05, 3.63) is 22.3 Å². The molecule has 2 heterocycles.